The Labute approximate surface area is 95.4 Å². The summed E-state index contributed by atoms with van der Waals surface area (Å²) in [5.41, 5.74) is 3.33. The first kappa shape index (κ1) is 9.70. The molecule has 3 rings (SSSR count). The molecule has 0 atom stereocenters. The summed E-state index contributed by atoms with van der Waals surface area (Å²) in [5, 5.41) is 2.97. The fourth-order valence-corrected chi connectivity index (χ4v) is 2.29. The molecule has 3 heteroatoms. The Morgan fingerprint density at radius 2 is 2.25 bits per heavy atom. The first-order valence-corrected chi connectivity index (χ1v) is 5.88. The van der Waals surface area contributed by atoms with Crippen LogP contribution in [0.3, 0.4) is 0 Å². The quantitative estimate of drug-likeness (QED) is 0.821. The van der Waals surface area contributed by atoms with Crippen molar-refractivity contribution in [2.24, 2.45) is 5.92 Å². The molecule has 0 unspecified atom stereocenters. The second-order valence-corrected chi connectivity index (χ2v) is 4.84. The molecule has 1 amide bonds. The number of anilines is 2. The van der Waals surface area contributed by atoms with Gasteiger partial charge >= 0.3 is 0 Å². The van der Waals surface area contributed by atoms with E-state index in [4.69, 9.17) is 0 Å². The Morgan fingerprint density at radius 1 is 1.44 bits per heavy atom. The van der Waals surface area contributed by atoms with E-state index in [1.807, 2.05) is 13.0 Å². The Balaban J connectivity index is 1.96. The third kappa shape index (κ3) is 1.66. The summed E-state index contributed by atoms with van der Waals surface area (Å²) in [5.74, 6) is 0.918. The van der Waals surface area contributed by atoms with Gasteiger partial charge in [-0.15, -0.1) is 0 Å². The van der Waals surface area contributed by atoms with E-state index in [0.717, 1.165) is 23.7 Å². The van der Waals surface area contributed by atoms with E-state index in [0.29, 0.717) is 6.54 Å². The highest BCUT2D eigenvalue weighted by atomic mass is 16.2. The van der Waals surface area contributed by atoms with Crippen LogP contribution in [-0.4, -0.2) is 19.0 Å². The third-order valence-electron chi connectivity index (χ3n) is 3.37. The summed E-state index contributed by atoms with van der Waals surface area (Å²) in [7, 11) is 0. The second-order valence-electron chi connectivity index (χ2n) is 4.84. The van der Waals surface area contributed by atoms with Gasteiger partial charge in [-0.1, -0.05) is 12.1 Å². The number of fused-ring (bicyclic) bond motifs is 1. The SMILES string of the molecule is Cc1cccc2c1NC(=O)CN2CC1CC1. The van der Waals surface area contributed by atoms with Crippen LogP contribution in [0.15, 0.2) is 18.2 Å². The van der Waals surface area contributed by atoms with Gasteiger partial charge < -0.3 is 10.2 Å². The molecule has 1 saturated carbocycles. The fraction of sp³-hybridized carbons (Fsp3) is 0.462. The van der Waals surface area contributed by atoms with E-state index in [1.54, 1.807) is 0 Å². The zero-order valence-corrected chi connectivity index (χ0v) is 9.49. The second kappa shape index (κ2) is 3.51. The predicted octanol–water partition coefficient (Wildman–Crippen LogP) is 2.16. The smallest absolute Gasteiger partial charge is 0.243 e. The van der Waals surface area contributed by atoms with Gasteiger partial charge in [-0.25, -0.2) is 0 Å². The Bertz CT molecular complexity index is 438. The summed E-state index contributed by atoms with van der Waals surface area (Å²) in [6.45, 7) is 3.58. The lowest BCUT2D eigenvalue weighted by Crippen LogP contribution is -2.39. The first-order chi connectivity index (χ1) is 7.74. The van der Waals surface area contributed by atoms with Gasteiger partial charge in [0.25, 0.3) is 0 Å². The van der Waals surface area contributed by atoms with Gasteiger partial charge in [-0.05, 0) is 37.3 Å². The number of benzene rings is 1. The molecule has 84 valence electrons. The van der Waals surface area contributed by atoms with Gasteiger partial charge in [-0.2, -0.15) is 0 Å². The van der Waals surface area contributed by atoms with E-state index >= 15 is 0 Å². The topological polar surface area (TPSA) is 32.3 Å². The summed E-state index contributed by atoms with van der Waals surface area (Å²) in [6.07, 6.45) is 2.64. The van der Waals surface area contributed by atoms with Crippen LogP contribution in [0, 0.1) is 12.8 Å². The van der Waals surface area contributed by atoms with Crippen molar-refractivity contribution in [3.63, 3.8) is 0 Å². The van der Waals surface area contributed by atoms with Gasteiger partial charge in [0.1, 0.15) is 0 Å². The number of rotatable bonds is 2. The Hall–Kier alpha value is -1.51. The highest BCUT2D eigenvalue weighted by Crippen LogP contribution is 2.36. The van der Waals surface area contributed by atoms with Crippen LogP contribution in [0.2, 0.25) is 0 Å². The zero-order chi connectivity index (χ0) is 11.1. The number of amides is 1. The van der Waals surface area contributed by atoms with Crippen LogP contribution in [0.4, 0.5) is 11.4 Å². The minimum atomic E-state index is 0.113. The number of carbonyl (C=O) groups is 1. The van der Waals surface area contributed by atoms with Gasteiger partial charge in [-0.3, -0.25) is 4.79 Å². The minimum Gasteiger partial charge on any atom is -0.360 e. The molecule has 3 nitrogen and oxygen atoms in total. The van der Waals surface area contributed by atoms with Crippen molar-refractivity contribution in [1.29, 1.82) is 0 Å². The number of hydrogen-bond acceptors (Lipinski definition) is 2. The zero-order valence-electron chi connectivity index (χ0n) is 9.49. The normalized spacial score (nSPS) is 19.3. The predicted molar refractivity (Wildman–Crippen MR) is 64.7 cm³/mol. The summed E-state index contributed by atoms with van der Waals surface area (Å²) < 4.78 is 0. The summed E-state index contributed by atoms with van der Waals surface area (Å²) in [4.78, 5) is 13.9. The van der Waals surface area contributed by atoms with E-state index in [9.17, 15) is 4.79 Å². The molecule has 0 bridgehead atoms. The molecule has 0 saturated heterocycles. The molecule has 1 heterocycles. The molecule has 0 aromatic heterocycles. The molecule has 1 N–H and O–H groups in total. The van der Waals surface area contributed by atoms with E-state index in [1.165, 1.54) is 18.5 Å². The number of carbonyl (C=O) groups excluding carboxylic acids is 1. The van der Waals surface area contributed by atoms with Crippen molar-refractivity contribution in [3.8, 4) is 0 Å². The number of nitrogens with zero attached hydrogens (tertiary/aromatic N) is 1. The lowest BCUT2D eigenvalue weighted by Gasteiger charge is -2.31. The molecule has 1 aliphatic carbocycles. The average molecular weight is 216 g/mol. The molecular formula is C13H16N2O. The van der Waals surface area contributed by atoms with Gasteiger partial charge in [0.15, 0.2) is 0 Å². The van der Waals surface area contributed by atoms with Crippen LogP contribution in [0.5, 0.6) is 0 Å². The summed E-state index contributed by atoms with van der Waals surface area (Å²) in [6, 6.07) is 6.20. The van der Waals surface area contributed by atoms with E-state index in [-0.39, 0.29) is 5.91 Å². The Kier molecular flexibility index (Phi) is 2.13. The molecule has 0 radical (unpaired) electrons. The Morgan fingerprint density at radius 3 is 3.00 bits per heavy atom. The maximum atomic E-state index is 11.6. The van der Waals surface area contributed by atoms with Crippen LogP contribution in [0.25, 0.3) is 0 Å². The standard InChI is InChI=1S/C13H16N2O/c1-9-3-2-4-11-13(9)14-12(16)8-15(11)7-10-5-6-10/h2-4,10H,5-8H2,1H3,(H,14,16). The van der Waals surface area contributed by atoms with Crippen molar-refractivity contribution in [2.75, 3.05) is 23.3 Å². The highest BCUT2D eigenvalue weighted by molar-refractivity contribution is 6.02. The van der Waals surface area contributed by atoms with Gasteiger partial charge in [0.05, 0.1) is 17.9 Å². The molecule has 1 aliphatic heterocycles. The number of para-hydroxylation sites is 1. The van der Waals surface area contributed by atoms with Gasteiger partial charge in [0, 0.05) is 6.54 Å². The molecule has 1 aromatic rings. The number of nitrogens with one attached hydrogen (secondary N) is 1. The van der Waals surface area contributed by atoms with Crippen molar-refractivity contribution in [1.82, 2.24) is 0 Å². The maximum Gasteiger partial charge on any atom is 0.243 e. The van der Waals surface area contributed by atoms with Gasteiger partial charge in [0.2, 0.25) is 5.91 Å². The lowest BCUT2D eigenvalue weighted by molar-refractivity contribution is -0.115. The molecular weight excluding hydrogens is 200 g/mol. The number of aryl methyl sites for hydroxylation is 1. The van der Waals surface area contributed by atoms with Crippen LogP contribution < -0.4 is 10.2 Å². The van der Waals surface area contributed by atoms with Crippen LogP contribution >= 0.6 is 0 Å². The van der Waals surface area contributed by atoms with Crippen LogP contribution in [0.1, 0.15) is 18.4 Å². The molecule has 1 aromatic carbocycles. The molecule has 16 heavy (non-hydrogen) atoms. The fourth-order valence-electron chi connectivity index (χ4n) is 2.29. The van der Waals surface area contributed by atoms with Crippen molar-refractivity contribution < 1.29 is 4.79 Å². The number of hydrogen-bond donors (Lipinski definition) is 1. The third-order valence-corrected chi connectivity index (χ3v) is 3.37. The summed E-state index contributed by atoms with van der Waals surface area (Å²) >= 11 is 0. The maximum absolute atomic E-state index is 11.6. The van der Waals surface area contributed by atoms with Crippen molar-refractivity contribution in [3.05, 3.63) is 23.8 Å². The molecule has 1 fully saturated rings. The first-order valence-electron chi connectivity index (χ1n) is 5.88. The lowest BCUT2D eigenvalue weighted by atomic mass is 10.1. The minimum absolute atomic E-state index is 0.113. The monoisotopic (exact) mass is 216 g/mol. The van der Waals surface area contributed by atoms with Crippen LogP contribution in [-0.2, 0) is 4.79 Å². The highest BCUT2D eigenvalue weighted by Gasteiger charge is 2.29. The van der Waals surface area contributed by atoms with E-state index < -0.39 is 0 Å². The largest absolute Gasteiger partial charge is 0.360 e. The average Bonchev–Trinajstić information content (AvgIpc) is 3.03. The molecule has 0 spiro atoms. The van der Waals surface area contributed by atoms with Crippen molar-refractivity contribution in [2.45, 2.75) is 19.8 Å². The van der Waals surface area contributed by atoms with Crippen molar-refractivity contribution >= 4 is 17.3 Å². The van der Waals surface area contributed by atoms with E-state index in [2.05, 4.69) is 22.3 Å². The molecule has 2 aliphatic rings.